The molecule has 0 aliphatic carbocycles. The van der Waals surface area contributed by atoms with Gasteiger partial charge in [0, 0.05) is 25.0 Å². The van der Waals surface area contributed by atoms with Crippen LogP contribution >= 0.6 is 0 Å². The lowest BCUT2D eigenvalue weighted by Crippen LogP contribution is -2.35. The van der Waals surface area contributed by atoms with Crippen LogP contribution in [0.1, 0.15) is 48.8 Å². The Morgan fingerprint density at radius 1 is 1.07 bits per heavy atom. The SMILES string of the molecule is CC1CCN(c2nc(C(=O)NC[C@@H](C)c3ccccc3)nc3ccccc23)CC1. The van der Waals surface area contributed by atoms with Crippen molar-refractivity contribution in [2.45, 2.75) is 32.6 Å². The van der Waals surface area contributed by atoms with E-state index in [9.17, 15) is 4.79 Å². The first-order valence-corrected chi connectivity index (χ1v) is 10.5. The number of carbonyl (C=O) groups is 1. The fraction of sp³-hybridized carbons (Fsp3) is 0.375. The van der Waals surface area contributed by atoms with E-state index in [-0.39, 0.29) is 17.6 Å². The number of benzene rings is 2. The van der Waals surface area contributed by atoms with Crippen LogP contribution in [0.4, 0.5) is 5.82 Å². The molecule has 4 rings (SSSR count). The van der Waals surface area contributed by atoms with Crippen molar-refractivity contribution in [1.29, 1.82) is 0 Å². The minimum atomic E-state index is -0.217. The second kappa shape index (κ2) is 8.60. The largest absolute Gasteiger partial charge is 0.356 e. The van der Waals surface area contributed by atoms with Gasteiger partial charge in [0.2, 0.25) is 5.82 Å². The number of nitrogens with one attached hydrogen (secondary N) is 1. The summed E-state index contributed by atoms with van der Waals surface area (Å²) >= 11 is 0. The maximum atomic E-state index is 12.9. The molecule has 5 nitrogen and oxygen atoms in total. The number of fused-ring (bicyclic) bond motifs is 1. The van der Waals surface area contributed by atoms with Gasteiger partial charge in [-0.15, -0.1) is 0 Å². The van der Waals surface area contributed by atoms with E-state index in [0.29, 0.717) is 6.54 Å². The summed E-state index contributed by atoms with van der Waals surface area (Å²) in [6.45, 7) is 6.89. The van der Waals surface area contributed by atoms with Crippen LogP contribution in [0, 0.1) is 5.92 Å². The number of rotatable bonds is 5. The summed E-state index contributed by atoms with van der Waals surface area (Å²) < 4.78 is 0. The number of amides is 1. The smallest absolute Gasteiger partial charge is 0.289 e. The molecule has 0 saturated carbocycles. The first kappa shape index (κ1) is 19.4. The van der Waals surface area contributed by atoms with E-state index in [1.165, 1.54) is 5.56 Å². The van der Waals surface area contributed by atoms with Crippen molar-refractivity contribution in [3.05, 3.63) is 66.0 Å². The molecule has 1 saturated heterocycles. The highest BCUT2D eigenvalue weighted by molar-refractivity contribution is 5.96. The van der Waals surface area contributed by atoms with Crippen molar-refractivity contribution >= 4 is 22.6 Å². The third-order valence-corrected chi connectivity index (χ3v) is 5.81. The summed E-state index contributed by atoms with van der Waals surface area (Å²) in [5.74, 6) is 1.87. The molecule has 2 heterocycles. The first-order valence-electron chi connectivity index (χ1n) is 10.5. The zero-order chi connectivity index (χ0) is 20.2. The van der Waals surface area contributed by atoms with Crippen molar-refractivity contribution in [3.8, 4) is 0 Å². The number of anilines is 1. The molecule has 29 heavy (non-hydrogen) atoms. The zero-order valence-electron chi connectivity index (χ0n) is 17.1. The summed E-state index contributed by atoms with van der Waals surface area (Å²) in [6.07, 6.45) is 2.29. The van der Waals surface area contributed by atoms with E-state index in [1.54, 1.807) is 0 Å². The van der Waals surface area contributed by atoms with Gasteiger partial charge in [-0.25, -0.2) is 9.97 Å². The van der Waals surface area contributed by atoms with Gasteiger partial charge in [-0.1, -0.05) is 56.3 Å². The lowest BCUT2D eigenvalue weighted by molar-refractivity contribution is 0.0941. The number of aromatic nitrogens is 2. The van der Waals surface area contributed by atoms with Crippen LogP contribution in [-0.4, -0.2) is 35.5 Å². The summed E-state index contributed by atoms with van der Waals surface area (Å²) in [5, 5.41) is 4.03. The number of para-hydroxylation sites is 1. The molecule has 0 unspecified atom stereocenters. The Kier molecular flexibility index (Phi) is 5.74. The van der Waals surface area contributed by atoms with Crippen LogP contribution in [0.15, 0.2) is 54.6 Å². The van der Waals surface area contributed by atoms with E-state index in [4.69, 9.17) is 4.98 Å². The minimum absolute atomic E-state index is 0.217. The second-order valence-electron chi connectivity index (χ2n) is 8.08. The number of hydrogen-bond donors (Lipinski definition) is 1. The predicted octanol–water partition coefficient (Wildman–Crippen LogP) is 4.40. The Morgan fingerprint density at radius 2 is 1.76 bits per heavy atom. The lowest BCUT2D eigenvalue weighted by atomic mass is 9.99. The van der Waals surface area contributed by atoms with Crippen LogP contribution < -0.4 is 10.2 Å². The molecule has 0 spiro atoms. The molecule has 0 radical (unpaired) electrons. The van der Waals surface area contributed by atoms with E-state index in [2.05, 4.69) is 41.2 Å². The quantitative estimate of drug-likeness (QED) is 0.704. The van der Waals surface area contributed by atoms with Crippen LogP contribution in [0.25, 0.3) is 10.9 Å². The fourth-order valence-electron chi connectivity index (χ4n) is 3.85. The Balaban J connectivity index is 1.56. The summed E-state index contributed by atoms with van der Waals surface area (Å²) in [4.78, 5) is 24.4. The van der Waals surface area contributed by atoms with Gasteiger partial charge in [-0.3, -0.25) is 4.79 Å². The van der Waals surface area contributed by atoms with E-state index < -0.39 is 0 Å². The standard InChI is InChI=1S/C24H28N4O/c1-17-12-14-28(15-13-17)23-20-10-6-7-11-21(20)26-22(27-23)24(29)25-16-18(2)19-8-4-3-5-9-19/h3-11,17-18H,12-16H2,1-2H3,(H,25,29)/t18-/m1/s1. The topological polar surface area (TPSA) is 58.1 Å². The molecule has 5 heteroatoms. The fourth-order valence-corrected chi connectivity index (χ4v) is 3.85. The Morgan fingerprint density at radius 3 is 2.52 bits per heavy atom. The van der Waals surface area contributed by atoms with Gasteiger partial charge >= 0.3 is 0 Å². The van der Waals surface area contributed by atoms with Crippen molar-refractivity contribution in [1.82, 2.24) is 15.3 Å². The van der Waals surface area contributed by atoms with Crippen LogP contribution in [-0.2, 0) is 0 Å². The van der Waals surface area contributed by atoms with Crippen molar-refractivity contribution in [2.75, 3.05) is 24.5 Å². The first-order chi connectivity index (χ1) is 14.1. The Hall–Kier alpha value is -2.95. The van der Waals surface area contributed by atoms with E-state index in [1.807, 2.05) is 42.5 Å². The third-order valence-electron chi connectivity index (χ3n) is 5.81. The molecule has 1 fully saturated rings. The molecule has 1 N–H and O–H groups in total. The van der Waals surface area contributed by atoms with Gasteiger partial charge in [0.05, 0.1) is 5.52 Å². The molecule has 3 aromatic rings. The van der Waals surface area contributed by atoms with Gasteiger partial charge in [0.25, 0.3) is 5.91 Å². The van der Waals surface area contributed by atoms with Crippen LogP contribution in [0.3, 0.4) is 0 Å². The Labute approximate surface area is 172 Å². The maximum Gasteiger partial charge on any atom is 0.289 e. The van der Waals surface area contributed by atoms with Gasteiger partial charge in [-0.2, -0.15) is 0 Å². The van der Waals surface area contributed by atoms with Gasteiger partial charge in [0.1, 0.15) is 5.82 Å². The zero-order valence-corrected chi connectivity index (χ0v) is 17.1. The molecule has 1 atom stereocenters. The normalized spacial score (nSPS) is 16.0. The monoisotopic (exact) mass is 388 g/mol. The van der Waals surface area contributed by atoms with E-state index >= 15 is 0 Å². The molecule has 0 bridgehead atoms. The Bertz CT molecular complexity index is 981. The van der Waals surface area contributed by atoms with Gasteiger partial charge in [0.15, 0.2) is 0 Å². The number of carbonyl (C=O) groups excluding carboxylic acids is 1. The minimum Gasteiger partial charge on any atom is -0.356 e. The number of hydrogen-bond acceptors (Lipinski definition) is 4. The summed E-state index contributed by atoms with van der Waals surface area (Å²) in [6, 6.07) is 18.2. The van der Waals surface area contributed by atoms with Gasteiger partial charge in [-0.05, 0) is 42.4 Å². The number of piperidine rings is 1. The molecule has 1 amide bonds. The highest BCUT2D eigenvalue weighted by Crippen LogP contribution is 2.28. The highest BCUT2D eigenvalue weighted by atomic mass is 16.2. The van der Waals surface area contributed by atoms with E-state index in [0.717, 1.165) is 48.6 Å². The third kappa shape index (κ3) is 4.39. The average Bonchev–Trinajstić information content (AvgIpc) is 2.77. The van der Waals surface area contributed by atoms with Gasteiger partial charge < -0.3 is 10.2 Å². The van der Waals surface area contributed by atoms with Crippen LogP contribution in [0.5, 0.6) is 0 Å². The molecule has 2 aromatic carbocycles. The molecule has 1 aliphatic heterocycles. The second-order valence-corrected chi connectivity index (χ2v) is 8.08. The predicted molar refractivity (Wildman–Crippen MR) is 117 cm³/mol. The molecule has 1 aromatic heterocycles. The molecule has 1 aliphatic rings. The lowest BCUT2D eigenvalue weighted by Gasteiger charge is -2.32. The molecular weight excluding hydrogens is 360 g/mol. The van der Waals surface area contributed by atoms with Crippen LogP contribution in [0.2, 0.25) is 0 Å². The summed E-state index contributed by atoms with van der Waals surface area (Å²) in [5.41, 5.74) is 2.02. The summed E-state index contributed by atoms with van der Waals surface area (Å²) in [7, 11) is 0. The average molecular weight is 389 g/mol. The highest BCUT2D eigenvalue weighted by Gasteiger charge is 2.22. The van der Waals surface area contributed by atoms with Crippen molar-refractivity contribution < 1.29 is 4.79 Å². The molecular formula is C24H28N4O. The van der Waals surface area contributed by atoms with Crippen molar-refractivity contribution in [2.24, 2.45) is 5.92 Å². The molecule has 150 valence electrons. The van der Waals surface area contributed by atoms with Crippen molar-refractivity contribution in [3.63, 3.8) is 0 Å². The maximum absolute atomic E-state index is 12.9. The number of nitrogens with zero attached hydrogens (tertiary/aromatic N) is 3.